The molecular formula is C36H38Cl2F2N2S2. The van der Waals surface area contributed by atoms with Gasteiger partial charge in [0, 0.05) is 24.6 Å². The second-order valence-electron chi connectivity index (χ2n) is 11.5. The Kier molecular flexibility index (Phi) is 12.1. The fraction of sp³-hybridized carbons (Fsp3) is 0.333. The molecular weight excluding hydrogens is 633 g/mol. The van der Waals surface area contributed by atoms with Gasteiger partial charge in [0.25, 0.3) is 0 Å². The van der Waals surface area contributed by atoms with Crippen LogP contribution in [0.5, 0.6) is 0 Å². The molecule has 0 aliphatic carbocycles. The van der Waals surface area contributed by atoms with Crippen molar-refractivity contribution >= 4 is 46.7 Å². The van der Waals surface area contributed by atoms with Gasteiger partial charge in [0.2, 0.25) is 0 Å². The minimum atomic E-state index is -0.295. The predicted octanol–water partition coefficient (Wildman–Crippen LogP) is 10.8. The summed E-state index contributed by atoms with van der Waals surface area (Å²) in [7, 11) is 0. The third kappa shape index (κ3) is 9.02. The van der Waals surface area contributed by atoms with Gasteiger partial charge in [-0.2, -0.15) is 0 Å². The molecule has 2 N–H and O–H groups in total. The van der Waals surface area contributed by atoms with Gasteiger partial charge < -0.3 is 10.6 Å². The molecule has 0 bridgehead atoms. The van der Waals surface area contributed by atoms with E-state index in [2.05, 4.69) is 60.9 Å². The van der Waals surface area contributed by atoms with Crippen LogP contribution in [0.1, 0.15) is 59.8 Å². The number of hydrogen-bond acceptors (Lipinski definition) is 4. The Morgan fingerprint density at radius 2 is 1.09 bits per heavy atom. The maximum absolute atomic E-state index is 14.0. The van der Waals surface area contributed by atoms with Crippen LogP contribution >= 0.6 is 46.7 Å². The van der Waals surface area contributed by atoms with Crippen LogP contribution < -0.4 is 10.6 Å². The SMILES string of the molecule is Cc1ccc(Sc2cc(Cl)ccc2F)c(C2CCNCC2)c1.Cc1ccc(Sc2ccc(F)cc2Cl)c(C2CCNCC2)c1. The van der Waals surface area contributed by atoms with Crippen LogP contribution in [-0.2, 0) is 0 Å². The number of aryl methyl sites for hydroxylation is 2. The Hall–Kier alpha value is -2.06. The minimum absolute atomic E-state index is 0.216. The van der Waals surface area contributed by atoms with Gasteiger partial charge >= 0.3 is 0 Å². The predicted molar refractivity (Wildman–Crippen MR) is 183 cm³/mol. The first-order valence-corrected chi connectivity index (χ1v) is 17.5. The fourth-order valence-electron chi connectivity index (χ4n) is 5.78. The highest BCUT2D eigenvalue weighted by Crippen LogP contribution is 2.41. The Morgan fingerprint density at radius 1 is 0.591 bits per heavy atom. The van der Waals surface area contributed by atoms with E-state index in [1.165, 1.54) is 57.1 Å². The van der Waals surface area contributed by atoms with Crippen LogP contribution in [0.3, 0.4) is 0 Å². The molecule has 44 heavy (non-hydrogen) atoms. The fourth-order valence-corrected chi connectivity index (χ4v) is 8.37. The molecule has 0 amide bonds. The molecule has 2 nitrogen and oxygen atoms in total. The van der Waals surface area contributed by atoms with Gasteiger partial charge in [-0.3, -0.25) is 0 Å². The van der Waals surface area contributed by atoms with Crippen LogP contribution in [0.15, 0.2) is 92.4 Å². The average molecular weight is 672 g/mol. The topological polar surface area (TPSA) is 24.1 Å². The molecule has 4 aromatic rings. The van der Waals surface area contributed by atoms with Crippen LogP contribution in [0.25, 0.3) is 0 Å². The molecule has 2 heterocycles. The third-order valence-corrected chi connectivity index (χ3v) is 11.1. The van der Waals surface area contributed by atoms with Gasteiger partial charge in [-0.25, -0.2) is 8.78 Å². The Bertz CT molecular complexity index is 1570. The number of piperidine rings is 2. The van der Waals surface area contributed by atoms with Gasteiger partial charge in [-0.15, -0.1) is 0 Å². The van der Waals surface area contributed by atoms with E-state index in [-0.39, 0.29) is 11.6 Å². The quantitative estimate of drug-likeness (QED) is 0.213. The highest BCUT2D eigenvalue weighted by molar-refractivity contribution is 7.99. The minimum Gasteiger partial charge on any atom is -0.317 e. The van der Waals surface area contributed by atoms with Crippen molar-refractivity contribution in [2.45, 2.75) is 70.9 Å². The molecule has 0 radical (unpaired) electrons. The molecule has 6 rings (SSSR count). The first kappa shape index (κ1) is 33.3. The maximum atomic E-state index is 14.0. The maximum Gasteiger partial charge on any atom is 0.137 e. The first-order valence-electron chi connectivity index (χ1n) is 15.1. The van der Waals surface area contributed by atoms with Crippen molar-refractivity contribution in [3.63, 3.8) is 0 Å². The first-order chi connectivity index (χ1) is 21.3. The average Bonchev–Trinajstić information content (AvgIpc) is 3.03. The van der Waals surface area contributed by atoms with Crippen molar-refractivity contribution in [1.82, 2.24) is 10.6 Å². The molecule has 0 aromatic heterocycles. The third-order valence-electron chi connectivity index (χ3n) is 8.12. The van der Waals surface area contributed by atoms with Gasteiger partial charge in [0.1, 0.15) is 11.6 Å². The van der Waals surface area contributed by atoms with E-state index >= 15 is 0 Å². The molecule has 2 aliphatic heterocycles. The molecule has 2 fully saturated rings. The van der Waals surface area contributed by atoms with Crippen molar-refractivity contribution in [3.8, 4) is 0 Å². The molecule has 0 atom stereocenters. The lowest BCUT2D eigenvalue weighted by atomic mass is 9.89. The molecule has 2 aliphatic rings. The largest absolute Gasteiger partial charge is 0.317 e. The Labute approximate surface area is 278 Å². The molecule has 8 heteroatoms. The highest BCUT2D eigenvalue weighted by Gasteiger charge is 2.21. The lowest BCUT2D eigenvalue weighted by Gasteiger charge is -2.25. The van der Waals surface area contributed by atoms with E-state index in [9.17, 15) is 8.78 Å². The number of benzene rings is 4. The van der Waals surface area contributed by atoms with Crippen molar-refractivity contribution in [2.24, 2.45) is 0 Å². The van der Waals surface area contributed by atoms with Gasteiger partial charge in [-0.1, -0.05) is 82.1 Å². The van der Waals surface area contributed by atoms with Crippen LogP contribution in [-0.4, -0.2) is 26.2 Å². The number of hydrogen-bond donors (Lipinski definition) is 2. The van der Waals surface area contributed by atoms with Gasteiger partial charge in [0.15, 0.2) is 0 Å². The zero-order valence-electron chi connectivity index (χ0n) is 25.1. The summed E-state index contributed by atoms with van der Waals surface area (Å²) in [6, 6.07) is 22.4. The number of nitrogens with one attached hydrogen (secondary N) is 2. The second-order valence-corrected chi connectivity index (χ2v) is 14.5. The molecule has 4 aromatic carbocycles. The summed E-state index contributed by atoms with van der Waals surface area (Å²) < 4.78 is 27.2. The van der Waals surface area contributed by atoms with Crippen LogP contribution in [0, 0.1) is 25.5 Å². The van der Waals surface area contributed by atoms with Crippen LogP contribution in [0.4, 0.5) is 8.78 Å². The van der Waals surface area contributed by atoms with Gasteiger partial charge in [-0.05, 0) is 137 Å². The van der Waals surface area contributed by atoms with E-state index in [4.69, 9.17) is 23.2 Å². The highest BCUT2D eigenvalue weighted by atomic mass is 35.5. The van der Waals surface area contributed by atoms with E-state index < -0.39 is 0 Å². The van der Waals surface area contributed by atoms with Crippen molar-refractivity contribution in [2.75, 3.05) is 26.2 Å². The zero-order chi connectivity index (χ0) is 31.1. The number of rotatable bonds is 6. The monoisotopic (exact) mass is 670 g/mol. The Morgan fingerprint density at radius 3 is 1.61 bits per heavy atom. The molecule has 0 saturated carbocycles. The summed E-state index contributed by atoms with van der Waals surface area (Å²) in [5, 5.41) is 7.86. The van der Waals surface area contributed by atoms with Crippen molar-refractivity contribution in [1.29, 1.82) is 0 Å². The second kappa shape index (κ2) is 16.0. The summed E-state index contributed by atoms with van der Waals surface area (Å²) in [6.07, 6.45) is 4.59. The van der Waals surface area contributed by atoms with E-state index in [1.807, 2.05) is 0 Å². The normalized spacial score (nSPS) is 16.0. The van der Waals surface area contributed by atoms with Crippen molar-refractivity contribution in [3.05, 3.63) is 117 Å². The molecule has 0 spiro atoms. The molecule has 2 saturated heterocycles. The van der Waals surface area contributed by atoms with Crippen molar-refractivity contribution < 1.29 is 8.78 Å². The van der Waals surface area contributed by atoms with Crippen LogP contribution in [0.2, 0.25) is 10.0 Å². The summed E-state index contributed by atoms with van der Waals surface area (Å²) in [5.41, 5.74) is 5.27. The standard InChI is InChI=1S/2C18H19ClFNS/c1-12-2-5-17(15(10-12)13-6-8-21-9-7-13)22-18-11-14(19)3-4-16(18)20;1-12-2-4-17(15(10-12)13-6-8-21-9-7-13)22-18-5-3-14(20)11-16(18)19/h2*2-5,10-11,13,21H,6-9H2,1H3. The molecule has 232 valence electrons. The van der Waals surface area contributed by atoms with E-state index in [0.29, 0.717) is 26.8 Å². The smallest absolute Gasteiger partial charge is 0.137 e. The lowest BCUT2D eigenvalue weighted by molar-refractivity contribution is 0.456. The number of halogens is 4. The van der Waals surface area contributed by atoms with E-state index in [0.717, 1.165) is 61.7 Å². The van der Waals surface area contributed by atoms with E-state index in [1.54, 1.807) is 30.0 Å². The Balaban J connectivity index is 0.000000175. The lowest BCUT2D eigenvalue weighted by Crippen LogP contribution is -2.26. The summed E-state index contributed by atoms with van der Waals surface area (Å²) in [5.74, 6) is 0.622. The summed E-state index contributed by atoms with van der Waals surface area (Å²) in [6.45, 7) is 8.48. The summed E-state index contributed by atoms with van der Waals surface area (Å²) in [4.78, 5) is 3.86. The summed E-state index contributed by atoms with van der Waals surface area (Å²) >= 11 is 15.3. The zero-order valence-corrected chi connectivity index (χ0v) is 28.2. The molecule has 0 unspecified atom stereocenters. The van der Waals surface area contributed by atoms with Gasteiger partial charge in [0.05, 0.1) is 5.02 Å².